The second-order valence-electron chi connectivity index (χ2n) is 7.07. The highest BCUT2D eigenvalue weighted by Crippen LogP contribution is 2.17. The van der Waals surface area contributed by atoms with Crippen LogP contribution in [0.1, 0.15) is 26.7 Å². The zero-order chi connectivity index (χ0) is 14.4. The number of morpholine rings is 1. The molecule has 2 saturated heterocycles. The van der Waals surface area contributed by atoms with E-state index in [2.05, 4.69) is 36.0 Å². The van der Waals surface area contributed by atoms with E-state index in [1.807, 2.05) is 0 Å². The Morgan fingerprint density at radius 2 is 2.10 bits per heavy atom. The lowest BCUT2D eigenvalue weighted by atomic mass is 9.97. The van der Waals surface area contributed by atoms with E-state index in [1.165, 1.54) is 32.5 Å². The number of ether oxygens (including phenoxy) is 1. The smallest absolute Gasteiger partial charge is 0.0829 e. The number of nitrogens with one attached hydrogen (secondary N) is 1. The summed E-state index contributed by atoms with van der Waals surface area (Å²) >= 11 is 0. The van der Waals surface area contributed by atoms with Crippen LogP contribution in [0.15, 0.2) is 0 Å². The summed E-state index contributed by atoms with van der Waals surface area (Å²) in [5.74, 6) is 1.57. The lowest BCUT2D eigenvalue weighted by Gasteiger charge is -2.37. The molecule has 0 aromatic heterocycles. The summed E-state index contributed by atoms with van der Waals surface area (Å²) in [6.45, 7) is 13.6. The van der Waals surface area contributed by atoms with Gasteiger partial charge in [0.05, 0.1) is 12.7 Å². The average molecular weight is 283 g/mol. The maximum atomic E-state index is 5.90. The normalized spacial score (nSPS) is 30.0. The van der Waals surface area contributed by atoms with Crippen molar-refractivity contribution >= 4 is 0 Å². The standard InChI is InChI=1S/C16H33N3O/c1-14(2)9-17-10-15-5-4-6-19(11-15)13-16-12-18(3)7-8-20-16/h14-17H,4-13H2,1-3H3. The van der Waals surface area contributed by atoms with Crippen LogP contribution < -0.4 is 5.32 Å². The van der Waals surface area contributed by atoms with Gasteiger partial charge in [-0.1, -0.05) is 13.8 Å². The Kier molecular flexibility index (Phi) is 6.75. The van der Waals surface area contributed by atoms with E-state index < -0.39 is 0 Å². The lowest BCUT2D eigenvalue weighted by Crippen LogP contribution is -2.49. The molecule has 2 unspecified atom stereocenters. The molecule has 20 heavy (non-hydrogen) atoms. The van der Waals surface area contributed by atoms with Crippen LogP contribution in [-0.4, -0.2) is 75.4 Å². The molecule has 0 amide bonds. The Bertz CT molecular complexity index is 272. The molecule has 2 rings (SSSR count). The van der Waals surface area contributed by atoms with Gasteiger partial charge in [-0.25, -0.2) is 0 Å². The zero-order valence-corrected chi connectivity index (χ0v) is 13.6. The van der Waals surface area contributed by atoms with Crippen LogP contribution in [-0.2, 0) is 4.74 Å². The van der Waals surface area contributed by atoms with Crippen molar-refractivity contribution in [3.8, 4) is 0 Å². The summed E-state index contributed by atoms with van der Waals surface area (Å²) in [6.07, 6.45) is 3.14. The van der Waals surface area contributed by atoms with E-state index in [-0.39, 0.29) is 0 Å². The lowest BCUT2D eigenvalue weighted by molar-refractivity contribution is -0.0403. The molecule has 118 valence electrons. The van der Waals surface area contributed by atoms with Gasteiger partial charge >= 0.3 is 0 Å². The van der Waals surface area contributed by atoms with Crippen molar-refractivity contribution in [3.05, 3.63) is 0 Å². The summed E-state index contributed by atoms with van der Waals surface area (Å²) in [6, 6.07) is 0. The SMILES string of the molecule is CC(C)CNCC1CCCN(CC2CN(C)CCO2)C1. The molecule has 2 atom stereocenters. The van der Waals surface area contributed by atoms with E-state index in [0.717, 1.165) is 44.6 Å². The molecule has 2 aliphatic rings. The monoisotopic (exact) mass is 283 g/mol. The van der Waals surface area contributed by atoms with Gasteiger partial charge in [0, 0.05) is 26.2 Å². The third kappa shape index (κ3) is 5.68. The van der Waals surface area contributed by atoms with Gasteiger partial charge < -0.3 is 19.9 Å². The first-order chi connectivity index (χ1) is 9.63. The Hall–Kier alpha value is -0.160. The Balaban J connectivity index is 1.67. The van der Waals surface area contributed by atoms with Crippen molar-refractivity contribution in [2.75, 3.05) is 59.5 Å². The first-order valence-electron chi connectivity index (χ1n) is 8.36. The first kappa shape index (κ1) is 16.2. The fourth-order valence-corrected chi connectivity index (χ4v) is 3.33. The van der Waals surface area contributed by atoms with Crippen LogP contribution in [0.25, 0.3) is 0 Å². The molecule has 0 aliphatic carbocycles. The molecule has 4 heteroatoms. The molecular weight excluding hydrogens is 250 g/mol. The van der Waals surface area contributed by atoms with Gasteiger partial charge in [0.2, 0.25) is 0 Å². The predicted molar refractivity (Wildman–Crippen MR) is 84.1 cm³/mol. The number of nitrogens with zero attached hydrogens (tertiary/aromatic N) is 2. The number of likely N-dealkylation sites (N-methyl/N-ethyl adjacent to an activating group) is 1. The fourth-order valence-electron chi connectivity index (χ4n) is 3.33. The van der Waals surface area contributed by atoms with Gasteiger partial charge in [-0.2, -0.15) is 0 Å². The minimum absolute atomic E-state index is 0.413. The molecule has 0 saturated carbocycles. The highest BCUT2D eigenvalue weighted by molar-refractivity contribution is 4.79. The summed E-state index contributed by atoms with van der Waals surface area (Å²) in [7, 11) is 2.20. The van der Waals surface area contributed by atoms with E-state index >= 15 is 0 Å². The van der Waals surface area contributed by atoms with Crippen LogP contribution >= 0.6 is 0 Å². The van der Waals surface area contributed by atoms with Crippen LogP contribution in [0.2, 0.25) is 0 Å². The minimum Gasteiger partial charge on any atom is -0.374 e. The topological polar surface area (TPSA) is 27.7 Å². The predicted octanol–water partition coefficient (Wildman–Crippen LogP) is 1.27. The second kappa shape index (κ2) is 8.32. The van der Waals surface area contributed by atoms with E-state index in [0.29, 0.717) is 6.10 Å². The van der Waals surface area contributed by atoms with Crippen molar-refractivity contribution in [1.82, 2.24) is 15.1 Å². The zero-order valence-electron chi connectivity index (χ0n) is 13.6. The molecule has 0 aromatic carbocycles. The third-order valence-corrected chi connectivity index (χ3v) is 4.39. The number of piperidine rings is 1. The molecule has 4 nitrogen and oxygen atoms in total. The molecular formula is C16H33N3O. The quantitative estimate of drug-likeness (QED) is 0.795. The molecule has 0 bridgehead atoms. The summed E-state index contributed by atoms with van der Waals surface area (Å²) in [4.78, 5) is 5.01. The summed E-state index contributed by atoms with van der Waals surface area (Å²) in [5, 5.41) is 3.62. The van der Waals surface area contributed by atoms with Crippen LogP contribution in [0.3, 0.4) is 0 Å². The molecule has 0 radical (unpaired) electrons. The van der Waals surface area contributed by atoms with E-state index in [1.54, 1.807) is 0 Å². The third-order valence-electron chi connectivity index (χ3n) is 4.39. The molecule has 0 aromatic rings. The second-order valence-corrected chi connectivity index (χ2v) is 7.07. The minimum atomic E-state index is 0.413. The summed E-state index contributed by atoms with van der Waals surface area (Å²) < 4.78 is 5.90. The molecule has 0 spiro atoms. The first-order valence-corrected chi connectivity index (χ1v) is 8.36. The Morgan fingerprint density at radius 3 is 2.85 bits per heavy atom. The molecule has 2 heterocycles. The van der Waals surface area contributed by atoms with E-state index in [9.17, 15) is 0 Å². The highest BCUT2D eigenvalue weighted by Gasteiger charge is 2.24. The summed E-state index contributed by atoms with van der Waals surface area (Å²) in [5.41, 5.74) is 0. The van der Waals surface area contributed by atoms with Gasteiger partial charge in [-0.05, 0) is 51.4 Å². The van der Waals surface area contributed by atoms with Gasteiger partial charge in [-0.15, -0.1) is 0 Å². The van der Waals surface area contributed by atoms with Crippen molar-refractivity contribution < 1.29 is 4.74 Å². The molecule has 2 fully saturated rings. The van der Waals surface area contributed by atoms with Crippen molar-refractivity contribution in [1.29, 1.82) is 0 Å². The Morgan fingerprint density at radius 1 is 1.25 bits per heavy atom. The van der Waals surface area contributed by atoms with E-state index in [4.69, 9.17) is 4.74 Å². The highest BCUT2D eigenvalue weighted by atomic mass is 16.5. The number of rotatable bonds is 6. The van der Waals surface area contributed by atoms with Crippen LogP contribution in [0.4, 0.5) is 0 Å². The van der Waals surface area contributed by atoms with Crippen molar-refractivity contribution in [2.24, 2.45) is 11.8 Å². The van der Waals surface area contributed by atoms with Gasteiger partial charge in [-0.3, -0.25) is 0 Å². The largest absolute Gasteiger partial charge is 0.374 e. The van der Waals surface area contributed by atoms with Crippen molar-refractivity contribution in [2.45, 2.75) is 32.8 Å². The number of hydrogen-bond donors (Lipinski definition) is 1. The van der Waals surface area contributed by atoms with Crippen molar-refractivity contribution in [3.63, 3.8) is 0 Å². The van der Waals surface area contributed by atoms with Gasteiger partial charge in [0.15, 0.2) is 0 Å². The maximum Gasteiger partial charge on any atom is 0.0829 e. The number of likely N-dealkylation sites (tertiary alicyclic amines) is 1. The molecule has 1 N–H and O–H groups in total. The van der Waals surface area contributed by atoms with Crippen LogP contribution in [0, 0.1) is 11.8 Å². The van der Waals surface area contributed by atoms with Gasteiger partial charge in [0.25, 0.3) is 0 Å². The Labute approximate surface area is 124 Å². The fraction of sp³-hybridized carbons (Fsp3) is 1.00. The number of hydrogen-bond acceptors (Lipinski definition) is 4. The van der Waals surface area contributed by atoms with Crippen LogP contribution in [0.5, 0.6) is 0 Å². The maximum absolute atomic E-state index is 5.90. The van der Waals surface area contributed by atoms with Gasteiger partial charge in [0.1, 0.15) is 0 Å². The average Bonchev–Trinajstić information content (AvgIpc) is 2.39. The molecule has 2 aliphatic heterocycles.